The summed E-state index contributed by atoms with van der Waals surface area (Å²) in [6, 6.07) is 1.98. The van der Waals surface area contributed by atoms with E-state index in [1.54, 1.807) is 17.5 Å². The summed E-state index contributed by atoms with van der Waals surface area (Å²) in [5.41, 5.74) is 0.905. The standard InChI is InChI=1S/C10H8Br2N2S/c1-2-7-5-14-10(15-7)9-8(12)3-6(11)4-13-9/h3-5H,2H2,1H3. The molecule has 0 aliphatic rings. The monoisotopic (exact) mass is 346 g/mol. The first-order chi connectivity index (χ1) is 7.20. The van der Waals surface area contributed by atoms with Crippen molar-refractivity contribution in [2.75, 3.05) is 0 Å². The second kappa shape index (κ2) is 4.72. The van der Waals surface area contributed by atoms with Crippen LogP contribution in [-0.2, 0) is 6.42 Å². The highest BCUT2D eigenvalue weighted by molar-refractivity contribution is 9.11. The lowest BCUT2D eigenvalue weighted by Gasteiger charge is -1.99. The van der Waals surface area contributed by atoms with Crippen molar-refractivity contribution in [3.05, 3.63) is 32.3 Å². The van der Waals surface area contributed by atoms with E-state index in [2.05, 4.69) is 48.8 Å². The van der Waals surface area contributed by atoms with Crippen molar-refractivity contribution >= 4 is 43.2 Å². The number of pyridine rings is 1. The van der Waals surface area contributed by atoms with Gasteiger partial charge in [0.1, 0.15) is 10.7 Å². The van der Waals surface area contributed by atoms with E-state index >= 15 is 0 Å². The first-order valence-corrected chi connectivity index (χ1v) is 6.87. The molecule has 0 saturated carbocycles. The van der Waals surface area contributed by atoms with E-state index in [9.17, 15) is 0 Å². The van der Waals surface area contributed by atoms with Crippen molar-refractivity contribution in [3.8, 4) is 10.7 Å². The maximum Gasteiger partial charge on any atom is 0.143 e. The molecule has 2 aromatic heterocycles. The normalized spacial score (nSPS) is 10.6. The van der Waals surface area contributed by atoms with E-state index < -0.39 is 0 Å². The molecule has 0 saturated heterocycles. The van der Waals surface area contributed by atoms with Crippen LogP contribution in [0.5, 0.6) is 0 Å². The number of hydrogen-bond donors (Lipinski definition) is 0. The van der Waals surface area contributed by atoms with Gasteiger partial charge in [0.15, 0.2) is 0 Å². The number of halogens is 2. The third-order valence-corrected chi connectivity index (χ3v) is 4.10. The van der Waals surface area contributed by atoms with Crippen LogP contribution in [-0.4, -0.2) is 9.97 Å². The number of thiazole rings is 1. The van der Waals surface area contributed by atoms with Crippen LogP contribution >= 0.6 is 43.2 Å². The van der Waals surface area contributed by atoms with Crippen molar-refractivity contribution < 1.29 is 0 Å². The molecule has 2 aromatic rings. The predicted octanol–water partition coefficient (Wildman–Crippen LogP) is 4.29. The Balaban J connectivity index is 2.44. The van der Waals surface area contributed by atoms with Crippen molar-refractivity contribution in [2.24, 2.45) is 0 Å². The maximum atomic E-state index is 4.36. The lowest BCUT2D eigenvalue weighted by Crippen LogP contribution is -1.83. The molecule has 0 spiro atoms. The van der Waals surface area contributed by atoms with E-state index in [0.717, 1.165) is 26.1 Å². The topological polar surface area (TPSA) is 25.8 Å². The molecule has 0 aliphatic carbocycles. The fourth-order valence-electron chi connectivity index (χ4n) is 1.15. The second-order valence-electron chi connectivity index (χ2n) is 2.97. The quantitative estimate of drug-likeness (QED) is 0.809. The fraction of sp³-hybridized carbons (Fsp3) is 0.200. The lowest BCUT2D eigenvalue weighted by atomic mass is 10.4. The van der Waals surface area contributed by atoms with E-state index in [0.29, 0.717) is 0 Å². The zero-order valence-corrected chi connectivity index (χ0v) is 12.0. The highest BCUT2D eigenvalue weighted by Gasteiger charge is 2.09. The van der Waals surface area contributed by atoms with Crippen molar-refractivity contribution in [3.63, 3.8) is 0 Å². The van der Waals surface area contributed by atoms with Gasteiger partial charge in [-0.1, -0.05) is 6.92 Å². The molecular formula is C10H8Br2N2S. The summed E-state index contributed by atoms with van der Waals surface area (Å²) in [6.45, 7) is 2.13. The molecule has 0 radical (unpaired) electrons. The van der Waals surface area contributed by atoms with Crippen molar-refractivity contribution in [1.82, 2.24) is 9.97 Å². The Kier molecular flexibility index (Phi) is 3.53. The molecule has 2 nitrogen and oxygen atoms in total. The highest BCUT2D eigenvalue weighted by Crippen LogP contribution is 2.31. The Hall–Kier alpha value is -0.260. The molecule has 0 N–H and O–H groups in total. The summed E-state index contributed by atoms with van der Waals surface area (Å²) in [7, 11) is 0. The van der Waals surface area contributed by atoms with Gasteiger partial charge in [-0.2, -0.15) is 0 Å². The average Bonchev–Trinajstić information content (AvgIpc) is 2.66. The first-order valence-electron chi connectivity index (χ1n) is 4.47. The molecular weight excluding hydrogens is 340 g/mol. The number of hydrogen-bond acceptors (Lipinski definition) is 3. The summed E-state index contributed by atoms with van der Waals surface area (Å²) < 4.78 is 1.93. The van der Waals surface area contributed by atoms with Crippen LogP contribution in [0.15, 0.2) is 27.4 Å². The van der Waals surface area contributed by atoms with E-state index in [-0.39, 0.29) is 0 Å². The zero-order chi connectivity index (χ0) is 10.8. The van der Waals surface area contributed by atoms with Gasteiger partial charge in [-0.3, -0.25) is 4.98 Å². The van der Waals surface area contributed by atoms with Crippen LogP contribution in [0.4, 0.5) is 0 Å². The van der Waals surface area contributed by atoms with Crippen LogP contribution in [0.1, 0.15) is 11.8 Å². The molecule has 2 rings (SSSR count). The van der Waals surface area contributed by atoms with Gasteiger partial charge in [0, 0.05) is 26.2 Å². The van der Waals surface area contributed by atoms with Gasteiger partial charge in [-0.05, 0) is 44.3 Å². The second-order valence-corrected chi connectivity index (χ2v) is 5.85. The summed E-state index contributed by atoms with van der Waals surface area (Å²) in [5.74, 6) is 0. The van der Waals surface area contributed by atoms with Crippen LogP contribution in [0, 0.1) is 0 Å². The summed E-state index contributed by atoms with van der Waals surface area (Å²) in [4.78, 5) is 9.99. The van der Waals surface area contributed by atoms with Crippen LogP contribution in [0.3, 0.4) is 0 Å². The first kappa shape index (κ1) is 11.2. The Labute approximate surface area is 109 Å². The van der Waals surface area contributed by atoms with Crippen molar-refractivity contribution in [1.29, 1.82) is 0 Å². The van der Waals surface area contributed by atoms with Gasteiger partial charge < -0.3 is 0 Å². The smallest absolute Gasteiger partial charge is 0.143 e. The number of nitrogens with zero attached hydrogens (tertiary/aromatic N) is 2. The molecule has 15 heavy (non-hydrogen) atoms. The van der Waals surface area contributed by atoms with Crippen LogP contribution in [0.25, 0.3) is 10.7 Å². The number of aryl methyl sites for hydroxylation is 1. The fourth-order valence-corrected chi connectivity index (χ4v) is 3.32. The molecule has 2 heterocycles. The van der Waals surface area contributed by atoms with E-state index in [4.69, 9.17) is 0 Å². The molecule has 0 fully saturated rings. The summed E-state index contributed by atoms with van der Waals surface area (Å²) in [5, 5.41) is 0.964. The zero-order valence-electron chi connectivity index (χ0n) is 8.00. The molecule has 0 amide bonds. The van der Waals surface area contributed by atoms with Crippen molar-refractivity contribution in [2.45, 2.75) is 13.3 Å². The average molecular weight is 348 g/mol. The van der Waals surface area contributed by atoms with Gasteiger partial charge in [0.05, 0.1) is 0 Å². The van der Waals surface area contributed by atoms with E-state index in [1.807, 2.05) is 12.3 Å². The largest absolute Gasteiger partial charge is 0.251 e. The van der Waals surface area contributed by atoms with Gasteiger partial charge in [0.25, 0.3) is 0 Å². The minimum absolute atomic E-state index is 0.905. The summed E-state index contributed by atoms with van der Waals surface area (Å²) in [6.07, 6.45) is 4.72. The van der Waals surface area contributed by atoms with Gasteiger partial charge in [-0.25, -0.2) is 4.98 Å². The highest BCUT2D eigenvalue weighted by atomic mass is 79.9. The Morgan fingerprint density at radius 2 is 2.07 bits per heavy atom. The van der Waals surface area contributed by atoms with Crippen LogP contribution < -0.4 is 0 Å². The predicted molar refractivity (Wildman–Crippen MR) is 70.1 cm³/mol. The number of rotatable bonds is 2. The third kappa shape index (κ3) is 2.46. The molecule has 0 atom stereocenters. The Morgan fingerprint density at radius 1 is 1.27 bits per heavy atom. The Bertz CT molecular complexity index is 482. The molecule has 0 bridgehead atoms. The molecule has 5 heteroatoms. The van der Waals surface area contributed by atoms with Gasteiger partial charge >= 0.3 is 0 Å². The molecule has 0 unspecified atom stereocenters. The number of aromatic nitrogens is 2. The minimum atomic E-state index is 0.905. The molecule has 78 valence electrons. The lowest BCUT2D eigenvalue weighted by molar-refractivity contribution is 1.17. The Morgan fingerprint density at radius 3 is 2.67 bits per heavy atom. The summed E-state index contributed by atoms with van der Waals surface area (Å²) >= 11 is 8.55. The SMILES string of the molecule is CCc1cnc(-c2ncc(Br)cc2Br)s1. The third-order valence-electron chi connectivity index (χ3n) is 1.91. The molecule has 0 aromatic carbocycles. The van der Waals surface area contributed by atoms with E-state index in [1.165, 1.54) is 4.88 Å². The maximum absolute atomic E-state index is 4.36. The minimum Gasteiger partial charge on any atom is -0.251 e. The van der Waals surface area contributed by atoms with Gasteiger partial charge in [-0.15, -0.1) is 11.3 Å². The molecule has 0 aliphatic heterocycles. The van der Waals surface area contributed by atoms with Gasteiger partial charge in [0.2, 0.25) is 0 Å². The van der Waals surface area contributed by atoms with Crippen LogP contribution in [0.2, 0.25) is 0 Å².